The number of nitrogens with one attached hydrogen (secondary N) is 1. The Hall–Kier alpha value is -1.77. The third-order valence-corrected chi connectivity index (χ3v) is 3.32. The van der Waals surface area contributed by atoms with E-state index >= 15 is 0 Å². The van der Waals surface area contributed by atoms with Gasteiger partial charge in [0.05, 0.1) is 0 Å². The number of benzene rings is 1. The van der Waals surface area contributed by atoms with Crippen molar-refractivity contribution in [1.29, 1.82) is 0 Å². The Bertz CT molecular complexity index is 538. The summed E-state index contributed by atoms with van der Waals surface area (Å²) in [5.74, 6) is 0.954. The van der Waals surface area contributed by atoms with Crippen LogP contribution in [0.1, 0.15) is 24.0 Å². The van der Waals surface area contributed by atoms with Crippen molar-refractivity contribution in [3.05, 3.63) is 41.7 Å². The highest BCUT2D eigenvalue weighted by Gasteiger charge is 2.22. The normalized spacial score (nSPS) is 14.9. The van der Waals surface area contributed by atoms with Crippen LogP contribution < -0.4 is 5.32 Å². The monoisotopic (exact) mass is 227 g/mol. The molecule has 3 heteroatoms. The van der Waals surface area contributed by atoms with Gasteiger partial charge in [-0.2, -0.15) is 0 Å². The maximum atomic E-state index is 4.38. The van der Waals surface area contributed by atoms with Crippen LogP contribution >= 0.6 is 0 Å². The van der Waals surface area contributed by atoms with E-state index in [4.69, 9.17) is 0 Å². The lowest BCUT2D eigenvalue weighted by molar-refractivity contribution is 0.999. The molecule has 0 aliphatic heterocycles. The molecule has 0 amide bonds. The van der Waals surface area contributed by atoms with Gasteiger partial charge in [0, 0.05) is 24.1 Å². The van der Waals surface area contributed by atoms with Gasteiger partial charge >= 0.3 is 0 Å². The van der Waals surface area contributed by atoms with Crippen LogP contribution in [-0.2, 0) is 0 Å². The minimum atomic E-state index is 0.627. The second-order valence-corrected chi connectivity index (χ2v) is 4.81. The molecule has 0 bridgehead atoms. The standard InChI is InChI=1S/C14H17N3/c1-10-3-6-13(9-11(10)2)17-8-7-15-14(17)16-12-4-5-12/h3,6-9,12H,4-5H2,1-2H3,(H,15,16). The molecule has 1 fully saturated rings. The number of anilines is 1. The highest BCUT2D eigenvalue weighted by molar-refractivity contribution is 5.46. The fourth-order valence-electron chi connectivity index (χ4n) is 1.90. The Morgan fingerprint density at radius 2 is 2.06 bits per heavy atom. The Morgan fingerprint density at radius 3 is 2.76 bits per heavy atom. The number of nitrogens with zero attached hydrogens (tertiary/aromatic N) is 2. The van der Waals surface area contributed by atoms with Gasteiger partial charge in [0.25, 0.3) is 0 Å². The van der Waals surface area contributed by atoms with Crippen molar-refractivity contribution in [1.82, 2.24) is 9.55 Å². The van der Waals surface area contributed by atoms with E-state index < -0.39 is 0 Å². The lowest BCUT2D eigenvalue weighted by atomic mass is 10.1. The lowest BCUT2D eigenvalue weighted by Gasteiger charge is -2.10. The average Bonchev–Trinajstić information content (AvgIpc) is 3.00. The largest absolute Gasteiger partial charge is 0.353 e. The van der Waals surface area contributed by atoms with E-state index in [2.05, 4.69) is 46.9 Å². The summed E-state index contributed by atoms with van der Waals surface area (Å²) in [4.78, 5) is 4.38. The molecule has 88 valence electrons. The molecule has 1 aliphatic carbocycles. The Labute approximate surface area is 101 Å². The van der Waals surface area contributed by atoms with Crippen LogP contribution in [0.4, 0.5) is 5.95 Å². The summed E-state index contributed by atoms with van der Waals surface area (Å²) in [5.41, 5.74) is 3.81. The van der Waals surface area contributed by atoms with Crippen LogP contribution in [0.15, 0.2) is 30.6 Å². The minimum Gasteiger partial charge on any atom is -0.353 e. The summed E-state index contributed by atoms with van der Waals surface area (Å²) in [6.45, 7) is 4.28. The summed E-state index contributed by atoms with van der Waals surface area (Å²) in [5, 5.41) is 3.45. The highest BCUT2D eigenvalue weighted by atomic mass is 15.2. The topological polar surface area (TPSA) is 29.9 Å². The van der Waals surface area contributed by atoms with E-state index in [-0.39, 0.29) is 0 Å². The molecule has 3 rings (SSSR count). The maximum absolute atomic E-state index is 4.38. The van der Waals surface area contributed by atoms with E-state index in [1.807, 2.05) is 12.4 Å². The van der Waals surface area contributed by atoms with Crippen molar-refractivity contribution >= 4 is 5.95 Å². The summed E-state index contributed by atoms with van der Waals surface area (Å²) < 4.78 is 2.12. The van der Waals surface area contributed by atoms with Crippen LogP contribution in [0.3, 0.4) is 0 Å². The average molecular weight is 227 g/mol. The molecule has 3 nitrogen and oxygen atoms in total. The molecule has 17 heavy (non-hydrogen) atoms. The molecule has 0 unspecified atom stereocenters. The number of aromatic nitrogens is 2. The number of rotatable bonds is 3. The van der Waals surface area contributed by atoms with E-state index in [0.717, 1.165) is 5.95 Å². The molecule has 0 radical (unpaired) electrons. The molecule has 1 aromatic heterocycles. The van der Waals surface area contributed by atoms with Crippen LogP contribution in [0.5, 0.6) is 0 Å². The van der Waals surface area contributed by atoms with E-state index in [1.54, 1.807) is 0 Å². The third kappa shape index (κ3) is 2.05. The zero-order chi connectivity index (χ0) is 11.8. The molecule has 1 aromatic carbocycles. The molecule has 1 saturated carbocycles. The first-order valence-corrected chi connectivity index (χ1v) is 6.11. The van der Waals surface area contributed by atoms with E-state index in [1.165, 1.54) is 29.7 Å². The molecule has 1 heterocycles. The molecule has 0 saturated heterocycles. The van der Waals surface area contributed by atoms with Gasteiger partial charge in [0.1, 0.15) is 0 Å². The molecular formula is C14H17N3. The summed E-state index contributed by atoms with van der Waals surface area (Å²) in [7, 11) is 0. The van der Waals surface area contributed by atoms with Crippen LogP contribution in [0.25, 0.3) is 5.69 Å². The molecule has 2 aromatic rings. The highest BCUT2D eigenvalue weighted by Crippen LogP contribution is 2.25. The minimum absolute atomic E-state index is 0.627. The predicted molar refractivity (Wildman–Crippen MR) is 69.7 cm³/mol. The van der Waals surface area contributed by atoms with Gasteiger partial charge in [0.2, 0.25) is 5.95 Å². The molecule has 0 atom stereocenters. The quantitative estimate of drug-likeness (QED) is 0.873. The predicted octanol–water partition coefficient (Wildman–Crippen LogP) is 3.06. The molecular weight excluding hydrogens is 210 g/mol. The number of hydrogen-bond donors (Lipinski definition) is 1. The van der Waals surface area contributed by atoms with Gasteiger partial charge in [-0.15, -0.1) is 0 Å². The van der Waals surface area contributed by atoms with E-state index in [0.29, 0.717) is 6.04 Å². The second-order valence-electron chi connectivity index (χ2n) is 4.81. The van der Waals surface area contributed by atoms with Crippen LogP contribution in [0, 0.1) is 13.8 Å². The molecule has 0 spiro atoms. The summed E-state index contributed by atoms with van der Waals surface area (Å²) in [6.07, 6.45) is 6.38. The first kappa shape index (κ1) is 10.4. The van der Waals surface area contributed by atoms with Crippen molar-refractivity contribution in [2.24, 2.45) is 0 Å². The Kier molecular flexibility index (Phi) is 2.39. The van der Waals surface area contributed by atoms with Gasteiger partial charge in [-0.1, -0.05) is 6.07 Å². The first-order chi connectivity index (χ1) is 8.24. The van der Waals surface area contributed by atoms with E-state index in [9.17, 15) is 0 Å². The third-order valence-electron chi connectivity index (χ3n) is 3.32. The van der Waals surface area contributed by atoms with Crippen molar-refractivity contribution in [3.8, 4) is 5.69 Å². The SMILES string of the molecule is Cc1ccc(-n2ccnc2NC2CC2)cc1C. The molecule has 1 N–H and O–H groups in total. The van der Waals surface area contributed by atoms with Gasteiger partial charge in [-0.3, -0.25) is 4.57 Å². The second kappa shape index (κ2) is 3.91. The number of imidazole rings is 1. The van der Waals surface area contributed by atoms with Gasteiger partial charge in [-0.05, 0) is 49.9 Å². The lowest BCUT2D eigenvalue weighted by Crippen LogP contribution is -2.07. The zero-order valence-corrected chi connectivity index (χ0v) is 10.3. The molecule has 1 aliphatic rings. The van der Waals surface area contributed by atoms with Crippen molar-refractivity contribution in [2.45, 2.75) is 32.7 Å². The van der Waals surface area contributed by atoms with Crippen molar-refractivity contribution < 1.29 is 0 Å². The Morgan fingerprint density at radius 1 is 1.24 bits per heavy atom. The van der Waals surface area contributed by atoms with Crippen LogP contribution in [0.2, 0.25) is 0 Å². The first-order valence-electron chi connectivity index (χ1n) is 6.11. The van der Waals surface area contributed by atoms with Crippen molar-refractivity contribution in [3.63, 3.8) is 0 Å². The Balaban J connectivity index is 1.96. The fraction of sp³-hybridized carbons (Fsp3) is 0.357. The fourth-order valence-corrected chi connectivity index (χ4v) is 1.90. The van der Waals surface area contributed by atoms with Crippen molar-refractivity contribution in [2.75, 3.05) is 5.32 Å². The van der Waals surface area contributed by atoms with Gasteiger partial charge in [0.15, 0.2) is 0 Å². The zero-order valence-electron chi connectivity index (χ0n) is 10.3. The maximum Gasteiger partial charge on any atom is 0.207 e. The number of aryl methyl sites for hydroxylation is 2. The smallest absolute Gasteiger partial charge is 0.207 e. The van der Waals surface area contributed by atoms with Gasteiger partial charge in [-0.25, -0.2) is 4.98 Å². The summed E-state index contributed by atoms with van der Waals surface area (Å²) >= 11 is 0. The summed E-state index contributed by atoms with van der Waals surface area (Å²) in [6, 6.07) is 7.13. The number of hydrogen-bond acceptors (Lipinski definition) is 2. The van der Waals surface area contributed by atoms with Crippen LogP contribution in [-0.4, -0.2) is 15.6 Å². The van der Waals surface area contributed by atoms with Gasteiger partial charge < -0.3 is 5.32 Å².